The Morgan fingerprint density at radius 3 is 2.14 bits per heavy atom. The zero-order valence-electron chi connectivity index (χ0n) is 11.9. The average molecular weight is 289 g/mol. The molecule has 0 bridgehead atoms. The lowest BCUT2D eigenvalue weighted by Crippen LogP contribution is -2.19. The molecule has 0 radical (unpaired) electrons. The van der Waals surface area contributed by atoms with Crippen molar-refractivity contribution in [1.82, 2.24) is 5.48 Å². The molecule has 0 saturated heterocycles. The lowest BCUT2D eigenvalue weighted by atomic mass is 9.96. The van der Waals surface area contributed by atoms with Gasteiger partial charge in [0.25, 0.3) is 5.91 Å². The molecule has 0 saturated carbocycles. The molecule has 3 aromatic rings. The van der Waals surface area contributed by atoms with Crippen molar-refractivity contribution in [1.29, 1.82) is 0 Å². The third-order valence-electron chi connectivity index (χ3n) is 3.55. The van der Waals surface area contributed by atoms with E-state index in [-0.39, 0.29) is 0 Å². The van der Waals surface area contributed by atoms with Crippen LogP contribution >= 0.6 is 0 Å². The van der Waals surface area contributed by atoms with Crippen molar-refractivity contribution in [3.05, 3.63) is 84.4 Å². The van der Waals surface area contributed by atoms with Crippen LogP contribution in [0.25, 0.3) is 22.3 Å². The van der Waals surface area contributed by atoms with Crippen LogP contribution in [0.3, 0.4) is 0 Å². The number of hydrogen-bond donors (Lipinski definition) is 2. The first-order valence-corrected chi connectivity index (χ1v) is 6.99. The minimum Gasteiger partial charge on any atom is -0.288 e. The van der Waals surface area contributed by atoms with Crippen molar-refractivity contribution in [3.63, 3.8) is 0 Å². The highest BCUT2D eigenvalue weighted by Crippen LogP contribution is 2.28. The quantitative estimate of drug-likeness (QED) is 0.562. The molecule has 0 heterocycles. The van der Waals surface area contributed by atoms with Crippen LogP contribution in [0.2, 0.25) is 0 Å². The fourth-order valence-corrected chi connectivity index (χ4v) is 2.49. The summed E-state index contributed by atoms with van der Waals surface area (Å²) in [7, 11) is 0. The van der Waals surface area contributed by atoms with E-state index in [1.54, 1.807) is 17.6 Å². The molecule has 0 unspecified atom stereocenters. The van der Waals surface area contributed by atoms with Crippen LogP contribution in [0, 0.1) is 0 Å². The molecule has 0 fully saturated rings. The molecule has 22 heavy (non-hydrogen) atoms. The number of carbonyl (C=O) groups is 1. The van der Waals surface area contributed by atoms with E-state index in [1.807, 2.05) is 66.7 Å². The first-order chi connectivity index (χ1) is 10.8. The van der Waals surface area contributed by atoms with Crippen LogP contribution in [0.4, 0.5) is 0 Å². The van der Waals surface area contributed by atoms with Crippen molar-refractivity contribution in [3.8, 4) is 22.3 Å². The van der Waals surface area contributed by atoms with Gasteiger partial charge >= 0.3 is 0 Å². The number of amides is 1. The molecule has 0 aliphatic rings. The SMILES string of the molecule is O=C(NO)c1ccccc1-c1cccc(-c2ccccc2)c1. The first-order valence-electron chi connectivity index (χ1n) is 6.99. The minimum absolute atomic E-state index is 0.440. The average Bonchev–Trinajstić information content (AvgIpc) is 2.62. The maximum atomic E-state index is 11.8. The second kappa shape index (κ2) is 6.24. The van der Waals surface area contributed by atoms with Gasteiger partial charge in [0.15, 0.2) is 0 Å². The molecule has 1 amide bonds. The van der Waals surface area contributed by atoms with Crippen molar-refractivity contribution in [2.24, 2.45) is 0 Å². The molecule has 2 N–H and O–H groups in total. The zero-order chi connectivity index (χ0) is 15.4. The Labute approximate surface area is 128 Å². The summed E-state index contributed by atoms with van der Waals surface area (Å²) in [6, 6.07) is 25.3. The highest BCUT2D eigenvalue weighted by atomic mass is 16.5. The summed E-state index contributed by atoms with van der Waals surface area (Å²) in [5.41, 5.74) is 6.05. The van der Waals surface area contributed by atoms with Gasteiger partial charge in [-0.25, -0.2) is 5.48 Å². The lowest BCUT2D eigenvalue weighted by Gasteiger charge is -2.10. The van der Waals surface area contributed by atoms with Gasteiger partial charge in [0.05, 0.1) is 0 Å². The van der Waals surface area contributed by atoms with E-state index in [0.29, 0.717) is 5.56 Å². The standard InChI is InChI=1S/C19H15NO2/c21-19(20-22)18-12-5-4-11-17(18)16-10-6-9-15(13-16)14-7-2-1-3-8-14/h1-13,22H,(H,20,21). The van der Waals surface area contributed by atoms with Crippen LogP contribution in [0.5, 0.6) is 0 Å². The van der Waals surface area contributed by atoms with Gasteiger partial charge in [0.2, 0.25) is 0 Å². The molecule has 0 spiro atoms. The maximum absolute atomic E-state index is 11.8. The monoisotopic (exact) mass is 289 g/mol. The highest BCUT2D eigenvalue weighted by molar-refractivity contribution is 6.00. The van der Waals surface area contributed by atoms with Crippen molar-refractivity contribution >= 4 is 5.91 Å². The second-order valence-electron chi connectivity index (χ2n) is 4.93. The molecule has 3 aromatic carbocycles. The second-order valence-corrected chi connectivity index (χ2v) is 4.93. The summed E-state index contributed by atoms with van der Waals surface area (Å²) < 4.78 is 0. The fraction of sp³-hybridized carbons (Fsp3) is 0. The first kappa shape index (κ1) is 14.0. The molecule has 3 heteroatoms. The summed E-state index contributed by atoms with van der Waals surface area (Å²) in [4.78, 5) is 11.8. The van der Waals surface area contributed by atoms with Gasteiger partial charge in [-0.05, 0) is 34.4 Å². The number of benzene rings is 3. The van der Waals surface area contributed by atoms with Gasteiger partial charge in [0.1, 0.15) is 0 Å². The molecule has 108 valence electrons. The lowest BCUT2D eigenvalue weighted by molar-refractivity contribution is 0.0707. The molecule has 3 rings (SSSR count). The summed E-state index contributed by atoms with van der Waals surface area (Å²) in [5.74, 6) is -0.513. The van der Waals surface area contributed by atoms with E-state index >= 15 is 0 Å². The normalized spacial score (nSPS) is 10.2. The van der Waals surface area contributed by atoms with Crippen molar-refractivity contribution in [2.45, 2.75) is 0 Å². The van der Waals surface area contributed by atoms with Crippen LogP contribution in [0.15, 0.2) is 78.9 Å². The number of carbonyl (C=O) groups excluding carboxylic acids is 1. The van der Waals surface area contributed by atoms with E-state index < -0.39 is 5.91 Å². The number of hydrogen-bond acceptors (Lipinski definition) is 2. The Kier molecular flexibility index (Phi) is 3.99. The number of hydroxylamine groups is 1. The smallest absolute Gasteiger partial charge is 0.275 e. The van der Waals surface area contributed by atoms with Gasteiger partial charge < -0.3 is 0 Å². The molecule has 3 nitrogen and oxygen atoms in total. The summed E-state index contributed by atoms with van der Waals surface area (Å²) in [5, 5.41) is 8.89. The summed E-state index contributed by atoms with van der Waals surface area (Å²) in [6.07, 6.45) is 0. The molecule has 0 aromatic heterocycles. The molecular formula is C19H15NO2. The number of rotatable bonds is 3. The van der Waals surface area contributed by atoms with E-state index in [2.05, 4.69) is 0 Å². The van der Waals surface area contributed by atoms with Gasteiger partial charge in [-0.2, -0.15) is 0 Å². The predicted octanol–water partition coefficient (Wildman–Crippen LogP) is 4.14. The largest absolute Gasteiger partial charge is 0.288 e. The third kappa shape index (κ3) is 2.75. The highest BCUT2D eigenvalue weighted by Gasteiger charge is 2.11. The molecule has 0 aliphatic heterocycles. The van der Waals surface area contributed by atoms with Crippen molar-refractivity contribution in [2.75, 3.05) is 0 Å². The number of nitrogens with one attached hydrogen (secondary N) is 1. The van der Waals surface area contributed by atoms with E-state index in [1.165, 1.54) is 0 Å². The Morgan fingerprint density at radius 2 is 1.36 bits per heavy atom. The molecule has 0 aliphatic carbocycles. The van der Waals surface area contributed by atoms with Crippen LogP contribution in [0.1, 0.15) is 10.4 Å². The summed E-state index contributed by atoms with van der Waals surface area (Å²) in [6.45, 7) is 0. The van der Waals surface area contributed by atoms with Crippen LogP contribution < -0.4 is 5.48 Å². The van der Waals surface area contributed by atoms with Gasteiger partial charge in [-0.1, -0.05) is 66.7 Å². The fourth-order valence-electron chi connectivity index (χ4n) is 2.49. The van der Waals surface area contributed by atoms with Gasteiger partial charge in [0, 0.05) is 5.56 Å². The van der Waals surface area contributed by atoms with Crippen LogP contribution in [-0.2, 0) is 0 Å². The van der Waals surface area contributed by atoms with Gasteiger partial charge in [-0.15, -0.1) is 0 Å². The van der Waals surface area contributed by atoms with Gasteiger partial charge in [-0.3, -0.25) is 10.0 Å². The maximum Gasteiger partial charge on any atom is 0.275 e. The van der Waals surface area contributed by atoms with Crippen LogP contribution in [-0.4, -0.2) is 11.1 Å². The third-order valence-corrected chi connectivity index (χ3v) is 3.55. The molecule has 0 atom stereocenters. The Bertz CT molecular complexity index is 797. The summed E-state index contributed by atoms with van der Waals surface area (Å²) >= 11 is 0. The minimum atomic E-state index is -0.513. The van der Waals surface area contributed by atoms with E-state index in [4.69, 9.17) is 5.21 Å². The Hall–Kier alpha value is -2.91. The predicted molar refractivity (Wildman–Crippen MR) is 86.6 cm³/mol. The van der Waals surface area contributed by atoms with E-state index in [0.717, 1.165) is 22.3 Å². The topological polar surface area (TPSA) is 49.3 Å². The van der Waals surface area contributed by atoms with E-state index in [9.17, 15) is 4.79 Å². The Morgan fingerprint density at radius 1 is 0.727 bits per heavy atom. The Balaban J connectivity index is 2.09. The molecular weight excluding hydrogens is 274 g/mol. The van der Waals surface area contributed by atoms with Crippen molar-refractivity contribution < 1.29 is 10.0 Å². The zero-order valence-corrected chi connectivity index (χ0v) is 11.9.